The van der Waals surface area contributed by atoms with Crippen molar-refractivity contribution in [1.29, 1.82) is 0 Å². The minimum atomic E-state index is 0.383. The number of amides is 1. The van der Waals surface area contributed by atoms with Crippen LogP contribution in [0.25, 0.3) is 0 Å². The van der Waals surface area contributed by atoms with Gasteiger partial charge in [0.2, 0.25) is 5.91 Å². The van der Waals surface area contributed by atoms with E-state index in [2.05, 4.69) is 18.7 Å². The lowest BCUT2D eigenvalue weighted by atomic mass is 10.0. The number of nitrogens with zero attached hydrogens (tertiary/aromatic N) is 1. The van der Waals surface area contributed by atoms with Crippen molar-refractivity contribution in [2.75, 3.05) is 6.54 Å². The number of carbonyl (C=O) groups is 1. The van der Waals surface area contributed by atoms with Gasteiger partial charge in [-0.2, -0.15) is 0 Å². The Balaban J connectivity index is 1.74. The largest absolute Gasteiger partial charge is 0.340 e. The molecular weight excluding hydrogens is 318 g/mol. The first-order valence-corrected chi connectivity index (χ1v) is 12.0. The summed E-state index contributed by atoms with van der Waals surface area (Å²) in [7, 11) is 0. The van der Waals surface area contributed by atoms with Crippen molar-refractivity contribution in [2.45, 2.75) is 142 Å². The monoisotopic (exact) mass is 365 g/mol. The van der Waals surface area contributed by atoms with Gasteiger partial charge in [0.1, 0.15) is 0 Å². The lowest BCUT2D eigenvalue weighted by Gasteiger charge is -2.24. The Labute approximate surface area is 164 Å². The van der Waals surface area contributed by atoms with E-state index >= 15 is 0 Å². The number of hydrogen-bond acceptors (Lipinski definition) is 1. The third-order valence-corrected chi connectivity index (χ3v) is 6.12. The van der Waals surface area contributed by atoms with Crippen LogP contribution in [0.1, 0.15) is 136 Å². The van der Waals surface area contributed by atoms with Crippen LogP contribution in [0.2, 0.25) is 0 Å². The molecule has 0 aromatic heterocycles. The Bertz CT molecular complexity index is 328. The van der Waals surface area contributed by atoms with E-state index in [0.717, 1.165) is 19.4 Å². The van der Waals surface area contributed by atoms with Crippen LogP contribution in [-0.4, -0.2) is 23.4 Å². The van der Waals surface area contributed by atoms with Crippen LogP contribution in [0, 0.1) is 0 Å². The van der Waals surface area contributed by atoms with Gasteiger partial charge in [0, 0.05) is 19.0 Å². The molecule has 0 aromatic rings. The predicted octanol–water partition coefficient (Wildman–Crippen LogP) is 7.65. The summed E-state index contributed by atoms with van der Waals surface area (Å²) in [5, 5.41) is 0. The summed E-state index contributed by atoms with van der Waals surface area (Å²) in [6.45, 7) is 5.52. The quantitative estimate of drug-likeness (QED) is 0.228. The van der Waals surface area contributed by atoms with Crippen LogP contribution in [0.5, 0.6) is 0 Å². The summed E-state index contributed by atoms with van der Waals surface area (Å²) in [4.78, 5) is 13.8. The Morgan fingerprint density at radius 1 is 0.731 bits per heavy atom. The van der Waals surface area contributed by atoms with Crippen molar-refractivity contribution in [3.63, 3.8) is 0 Å². The van der Waals surface area contributed by atoms with Crippen molar-refractivity contribution < 1.29 is 4.79 Å². The maximum atomic E-state index is 11.7. The average Bonchev–Trinajstić information content (AvgIpc) is 3.07. The predicted molar refractivity (Wildman–Crippen MR) is 115 cm³/mol. The minimum absolute atomic E-state index is 0.383. The molecule has 0 N–H and O–H groups in total. The highest BCUT2D eigenvalue weighted by molar-refractivity contribution is 5.78. The number of hydrogen-bond donors (Lipinski definition) is 0. The standard InChI is InChI=1S/C24H47NO/c1-3-4-5-6-7-8-9-10-11-12-13-14-15-16-17-18-20-23(2)25-22-19-21-24(25)26/h23H,3-22H2,1-2H3. The van der Waals surface area contributed by atoms with Gasteiger partial charge in [0.05, 0.1) is 0 Å². The lowest BCUT2D eigenvalue weighted by molar-refractivity contribution is -0.129. The van der Waals surface area contributed by atoms with Gasteiger partial charge in [-0.05, 0) is 19.8 Å². The molecule has 1 aliphatic heterocycles. The van der Waals surface area contributed by atoms with Gasteiger partial charge in [-0.1, -0.05) is 110 Å². The molecule has 1 rings (SSSR count). The minimum Gasteiger partial charge on any atom is -0.340 e. The van der Waals surface area contributed by atoms with Crippen molar-refractivity contribution in [3.8, 4) is 0 Å². The molecule has 26 heavy (non-hydrogen) atoms. The molecule has 1 fully saturated rings. The molecule has 154 valence electrons. The highest BCUT2D eigenvalue weighted by Crippen LogP contribution is 2.18. The SMILES string of the molecule is CCCCCCCCCCCCCCCCCCC(C)N1CCCC1=O. The van der Waals surface area contributed by atoms with Gasteiger partial charge in [0.15, 0.2) is 0 Å². The number of unbranched alkanes of at least 4 members (excludes halogenated alkanes) is 15. The Morgan fingerprint density at radius 2 is 1.15 bits per heavy atom. The first-order chi connectivity index (χ1) is 12.8. The van der Waals surface area contributed by atoms with Crippen LogP contribution in [0.4, 0.5) is 0 Å². The zero-order chi connectivity index (χ0) is 18.9. The van der Waals surface area contributed by atoms with E-state index in [1.807, 2.05) is 0 Å². The lowest BCUT2D eigenvalue weighted by Crippen LogP contribution is -2.33. The summed E-state index contributed by atoms with van der Waals surface area (Å²) < 4.78 is 0. The van der Waals surface area contributed by atoms with E-state index < -0.39 is 0 Å². The smallest absolute Gasteiger partial charge is 0.222 e. The Kier molecular flexibility index (Phi) is 15.0. The van der Waals surface area contributed by atoms with Gasteiger partial charge in [0.25, 0.3) is 0 Å². The zero-order valence-electron chi connectivity index (χ0n) is 18.1. The van der Waals surface area contributed by atoms with Crippen molar-refractivity contribution >= 4 is 5.91 Å². The maximum Gasteiger partial charge on any atom is 0.222 e. The fourth-order valence-electron chi connectivity index (χ4n) is 4.28. The molecule has 0 saturated carbocycles. The molecule has 0 spiro atoms. The summed E-state index contributed by atoms with van der Waals surface area (Å²) in [5.41, 5.74) is 0. The summed E-state index contributed by atoms with van der Waals surface area (Å²) in [6.07, 6.45) is 25.8. The molecule has 0 radical (unpaired) electrons. The topological polar surface area (TPSA) is 20.3 Å². The summed E-state index contributed by atoms with van der Waals surface area (Å²) in [5.74, 6) is 0.383. The molecule has 0 bridgehead atoms. The molecule has 1 unspecified atom stereocenters. The van der Waals surface area contributed by atoms with Crippen LogP contribution in [-0.2, 0) is 4.79 Å². The van der Waals surface area contributed by atoms with Crippen molar-refractivity contribution in [1.82, 2.24) is 4.90 Å². The maximum absolute atomic E-state index is 11.7. The fraction of sp³-hybridized carbons (Fsp3) is 0.958. The van der Waals surface area contributed by atoms with E-state index in [0.29, 0.717) is 11.9 Å². The molecule has 1 atom stereocenters. The van der Waals surface area contributed by atoms with E-state index in [1.165, 1.54) is 109 Å². The molecule has 1 saturated heterocycles. The van der Waals surface area contributed by atoms with Crippen LogP contribution in [0.15, 0.2) is 0 Å². The highest BCUT2D eigenvalue weighted by Gasteiger charge is 2.24. The van der Waals surface area contributed by atoms with E-state index in [9.17, 15) is 4.79 Å². The number of rotatable bonds is 18. The zero-order valence-corrected chi connectivity index (χ0v) is 18.1. The molecule has 0 aromatic carbocycles. The Morgan fingerprint density at radius 3 is 1.54 bits per heavy atom. The highest BCUT2D eigenvalue weighted by atomic mass is 16.2. The average molecular weight is 366 g/mol. The van der Waals surface area contributed by atoms with Gasteiger partial charge in [-0.3, -0.25) is 4.79 Å². The molecule has 1 aliphatic rings. The molecule has 1 amide bonds. The number of likely N-dealkylation sites (tertiary alicyclic amines) is 1. The molecule has 1 heterocycles. The molecular formula is C24H47NO. The first-order valence-electron chi connectivity index (χ1n) is 12.0. The summed E-state index contributed by atoms with van der Waals surface area (Å²) >= 11 is 0. The second kappa shape index (κ2) is 16.6. The van der Waals surface area contributed by atoms with Crippen molar-refractivity contribution in [3.05, 3.63) is 0 Å². The van der Waals surface area contributed by atoms with Crippen molar-refractivity contribution in [2.24, 2.45) is 0 Å². The van der Waals surface area contributed by atoms with E-state index in [-0.39, 0.29) is 0 Å². The molecule has 2 heteroatoms. The first kappa shape index (κ1) is 23.5. The van der Waals surface area contributed by atoms with E-state index in [1.54, 1.807) is 0 Å². The van der Waals surface area contributed by atoms with Gasteiger partial charge in [-0.15, -0.1) is 0 Å². The molecule has 2 nitrogen and oxygen atoms in total. The normalized spacial score (nSPS) is 15.8. The van der Waals surface area contributed by atoms with Crippen LogP contribution >= 0.6 is 0 Å². The van der Waals surface area contributed by atoms with Crippen LogP contribution < -0.4 is 0 Å². The van der Waals surface area contributed by atoms with Gasteiger partial charge < -0.3 is 4.90 Å². The third-order valence-electron chi connectivity index (χ3n) is 6.12. The van der Waals surface area contributed by atoms with E-state index in [4.69, 9.17) is 0 Å². The second-order valence-corrected chi connectivity index (χ2v) is 8.63. The third kappa shape index (κ3) is 12.0. The van der Waals surface area contributed by atoms with Gasteiger partial charge in [-0.25, -0.2) is 0 Å². The second-order valence-electron chi connectivity index (χ2n) is 8.63. The molecule has 0 aliphatic carbocycles. The summed E-state index contributed by atoms with van der Waals surface area (Å²) in [6, 6.07) is 0.469. The Hall–Kier alpha value is -0.530. The van der Waals surface area contributed by atoms with Gasteiger partial charge >= 0.3 is 0 Å². The number of carbonyl (C=O) groups excluding carboxylic acids is 1. The van der Waals surface area contributed by atoms with Crippen LogP contribution in [0.3, 0.4) is 0 Å². The fourth-order valence-corrected chi connectivity index (χ4v) is 4.28.